The van der Waals surface area contributed by atoms with E-state index >= 15 is 4.39 Å². The number of ether oxygens (including phenoxy) is 2. The van der Waals surface area contributed by atoms with Gasteiger partial charge in [0.15, 0.2) is 17.3 Å². The van der Waals surface area contributed by atoms with E-state index in [1.807, 2.05) is 22.9 Å². The molecule has 3 aromatic heterocycles. The number of rotatable bonds is 10. The van der Waals surface area contributed by atoms with Crippen LogP contribution in [0.3, 0.4) is 0 Å². The number of nitrogens with zero attached hydrogens (tertiary/aromatic N) is 1. The number of hydrogen-bond acceptors (Lipinski definition) is 6. The molecule has 0 fully saturated rings. The van der Waals surface area contributed by atoms with Crippen LogP contribution in [0.15, 0.2) is 94.7 Å². The van der Waals surface area contributed by atoms with Crippen LogP contribution < -0.4 is 20.3 Å². The van der Waals surface area contributed by atoms with Gasteiger partial charge in [-0.3, -0.25) is 14.2 Å². The average molecular weight is 587 g/mol. The zero-order chi connectivity index (χ0) is 29.6. The van der Waals surface area contributed by atoms with E-state index in [9.17, 15) is 14.0 Å². The average Bonchev–Trinajstić information content (AvgIpc) is 3.68. The van der Waals surface area contributed by atoms with Gasteiger partial charge in [0.1, 0.15) is 17.1 Å². The Hall–Kier alpha value is -5.29. The summed E-state index contributed by atoms with van der Waals surface area (Å²) in [5.41, 5.74) is 1.77. The zero-order valence-corrected chi connectivity index (χ0v) is 23.0. The summed E-state index contributed by atoms with van der Waals surface area (Å²) >= 11 is 1.53. The van der Waals surface area contributed by atoms with Crippen LogP contribution >= 0.6 is 11.3 Å². The van der Waals surface area contributed by atoms with Gasteiger partial charge in [0, 0.05) is 47.7 Å². The van der Waals surface area contributed by atoms with Gasteiger partial charge in [-0.15, -0.1) is 0 Å². The lowest BCUT2D eigenvalue weighted by molar-refractivity contribution is 0.102. The van der Waals surface area contributed by atoms with Crippen molar-refractivity contribution in [1.29, 1.82) is 5.41 Å². The highest BCUT2D eigenvalue weighted by molar-refractivity contribution is 7.08. The van der Waals surface area contributed by atoms with Crippen molar-refractivity contribution in [2.45, 2.75) is 6.92 Å². The molecular formula is C31H24F2N4O4S. The van der Waals surface area contributed by atoms with Crippen molar-refractivity contribution < 1.29 is 23.0 Å². The first kappa shape index (κ1) is 28.2. The molecule has 0 saturated carbocycles. The predicted octanol–water partition coefficient (Wildman–Crippen LogP) is 6.89. The Morgan fingerprint density at radius 3 is 2.60 bits per heavy atom. The molecule has 0 saturated heterocycles. The van der Waals surface area contributed by atoms with E-state index in [0.717, 1.165) is 23.4 Å². The minimum atomic E-state index is -0.816. The third-order valence-corrected chi connectivity index (χ3v) is 6.84. The van der Waals surface area contributed by atoms with Crippen LogP contribution in [0.4, 0.5) is 14.5 Å². The summed E-state index contributed by atoms with van der Waals surface area (Å²) in [5.74, 6) is -1.94. The number of nitrogens with one attached hydrogen (secondary N) is 3. The molecule has 3 N–H and O–H groups in total. The minimum Gasteiger partial charge on any atom is -0.493 e. The van der Waals surface area contributed by atoms with Gasteiger partial charge in [-0.05, 0) is 77.8 Å². The van der Waals surface area contributed by atoms with Gasteiger partial charge in [0.2, 0.25) is 0 Å². The molecule has 2 aromatic carbocycles. The van der Waals surface area contributed by atoms with Crippen LogP contribution in [0.1, 0.15) is 23.0 Å². The number of H-pyrrole nitrogens is 1. The van der Waals surface area contributed by atoms with Crippen molar-refractivity contribution in [3.63, 3.8) is 0 Å². The summed E-state index contributed by atoms with van der Waals surface area (Å²) in [6, 6.07) is 14.3. The van der Waals surface area contributed by atoms with Crippen LogP contribution in [0, 0.1) is 17.0 Å². The zero-order valence-electron chi connectivity index (χ0n) is 22.2. The van der Waals surface area contributed by atoms with Gasteiger partial charge in [-0.1, -0.05) is 0 Å². The third kappa shape index (κ3) is 5.91. The van der Waals surface area contributed by atoms with Crippen LogP contribution in [-0.4, -0.2) is 28.3 Å². The number of carbonyl (C=O) groups is 1. The van der Waals surface area contributed by atoms with Crippen LogP contribution in [0.5, 0.6) is 11.5 Å². The Bertz CT molecular complexity index is 1830. The van der Waals surface area contributed by atoms with E-state index in [-0.39, 0.29) is 35.1 Å². The molecule has 8 nitrogen and oxygen atoms in total. The van der Waals surface area contributed by atoms with Gasteiger partial charge in [0.25, 0.3) is 11.5 Å². The number of anilines is 1. The van der Waals surface area contributed by atoms with E-state index in [4.69, 9.17) is 14.9 Å². The predicted molar refractivity (Wildman–Crippen MR) is 159 cm³/mol. The second-order valence-corrected chi connectivity index (χ2v) is 9.60. The minimum absolute atomic E-state index is 0.0487. The largest absolute Gasteiger partial charge is 0.493 e. The monoisotopic (exact) mass is 586 g/mol. The molecule has 11 heteroatoms. The lowest BCUT2D eigenvalue weighted by Gasteiger charge is -2.14. The molecule has 0 aliphatic rings. The highest BCUT2D eigenvalue weighted by atomic mass is 32.1. The molecule has 212 valence electrons. The fourth-order valence-electron chi connectivity index (χ4n) is 4.26. The SMILES string of the molecule is CCOc1ccn(-c2ccc(F)cc2)c(=O)c1C(=O)Nc1ccc(O/C(=C/C=N)c2[nH]ccc2-c2ccsc2)c(F)c1. The second kappa shape index (κ2) is 12.5. The van der Waals surface area contributed by atoms with Crippen molar-refractivity contribution in [2.75, 3.05) is 11.9 Å². The fourth-order valence-corrected chi connectivity index (χ4v) is 4.91. The Morgan fingerprint density at radius 1 is 1.10 bits per heavy atom. The molecule has 0 radical (unpaired) electrons. The molecule has 0 aliphatic heterocycles. The quantitative estimate of drug-likeness (QED) is 0.122. The van der Waals surface area contributed by atoms with E-state index in [1.165, 1.54) is 70.6 Å². The summed E-state index contributed by atoms with van der Waals surface area (Å²) in [6.45, 7) is 1.90. The topological polar surface area (TPSA) is 109 Å². The van der Waals surface area contributed by atoms with Gasteiger partial charge in [0.05, 0.1) is 12.3 Å². The fraction of sp³-hybridized carbons (Fsp3) is 0.0645. The molecule has 5 aromatic rings. The number of hydrogen-bond donors (Lipinski definition) is 3. The van der Waals surface area contributed by atoms with Gasteiger partial charge < -0.3 is 25.2 Å². The number of halogens is 2. The highest BCUT2D eigenvalue weighted by Crippen LogP contribution is 2.32. The van der Waals surface area contributed by atoms with Gasteiger partial charge >= 0.3 is 0 Å². The first-order chi connectivity index (χ1) is 20.4. The number of thiophene rings is 1. The number of benzene rings is 2. The Balaban J connectivity index is 1.41. The van der Waals surface area contributed by atoms with Crippen molar-refractivity contribution in [3.05, 3.63) is 123 Å². The summed E-state index contributed by atoms with van der Waals surface area (Å²) in [7, 11) is 0. The van der Waals surface area contributed by atoms with Crippen LogP contribution in [-0.2, 0) is 0 Å². The Labute approximate surface area is 243 Å². The van der Waals surface area contributed by atoms with Crippen molar-refractivity contribution in [3.8, 4) is 28.3 Å². The summed E-state index contributed by atoms with van der Waals surface area (Å²) in [4.78, 5) is 29.7. The number of aromatic nitrogens is 2. The van der Waals surface area contributed by atoms with Crippen LogP contribution in [0.2, 0.25) is 0 Å². The highest BCUT2D eigenvalue weighted by Gasteiger charge is 2.21. The molecule has 3 heterocycles. The molecule has 5 rings (SSSR count). The van der Waals surface area contributed by atoms with Crippen LogP contribution in [0.25, 0.3) is 22.6 Å². The number of pyridine rings is 1. The third-order valence-electron chi connectivity index (χ3n) is 6.16. The van der Waals surface area contributed by atoms with E-state index in [2.05, 4.69) is 10.3 Å². The maximum Gasteiger partial charge on any atom is 0.271 e. The smallest absolute Gasteiger partial charge is 0.271 e. The standard InChI is InChI=1S/C31H24F2N4O4S/c1-2-40-26-11-15-37(22-6-3-20(32)4-7-22)31(39)28(26)30(38)36-21-5-8-25(24(33)17-21)41-27(9-13-34)29-23(10-14-35-29)19-12-16-42-18-19/h3-18,34-35H,2H2,1H3,(H,36,38)/b27-9+,34-13?. The molecule has 0 bridgehead atoms. The molecule has 42 heavy (non-hydrogen) atoms. The van der Waals surface area contributed by atoms with Crippen molar-refractivity contribution in [1.82, 2.24) is 9.55 Å². The first-order valence-electron chi connectivity index (χ1n) is 12.7. The van der Waals surface area contributed by atoms with E-state index in [0.29, 0.717) is 11.4 Å². The maximum absolute atomic E-state index is 15.2. The first-order valence-corrected chi connectivity index (χ1v) is 13.7. The number of aromatic amines is 1. The molecule has 0 spiro atoms. The lowest BCUT2D eigenvalue weighted by Crippen LogP contribution is -2.29. The van der Waals surface area contributed by atoms with E-state index in [1.54, 1.807) is 13.1 Å². The number of amides is 1. The number of carbonyl (C=O) groups excluding carboxylic acids is 1. The van der Waals surface area contributed by atoms with Crippen molar-refractivity contribution >= 4 is 34.9 Å². The number of allylic oxidation sites excluding steroid dienone is 1. The van der Waals surface area contributed by atoms with E-state index < -0.39 is 23.1 Å². The Morgan fingerprint density at radius 2 is 1.90 bits per heavy atom. The van der Waals surface area contributed by atoms with Gasteiger partial charge in [-0.2, -0.15) is 11.3 Å². The summed E-state index contributed by atoms with van der Waals surface area (Å²) < 4.78 is 41.2. The second-order valence-electron chi connectivity index (χ2n) is 8.82. The maximum atomic E-state index is 15.2. The molecule has 0 atom stereocenters. The van der Waals surface area contributed by atoms with Gasteiger partial charge in [-0.25, -0.2) is 8.78 Å². The molecule has 1 amide bonds. The summed E-state index contributed by atoms with van der Waals surface area (Å²) in [5, 5.41) is 14.0. The lowest BCUT2D eigenvalue weighted by atomic mass is 10.1. The molecule has 0 aliphatic carbocycles. The molecule has 0 unspecified atom stereocenters. The summed E-state index contributed by atoms with van der Waals surface area (Å²) in [6.07, 6.45) is 5.58. The normalized spacial score (nSPS) is 11.3. The van der Waals surface area contributed by atoms with Crippen molar-refractivity contribution in [2.24, 2.45) is 0 Å². The Kier molecular flexibility index (Phi) is 8.39. The molecular weight excluding hydrogens is 562 g/mol.